The molecule has 0 unspecified atom stereocenters. The number of anilines is 2. The Morgan fingerprint density at radius 3 is 1.27 bits per heavy atom. The minimum absolute atomic E-state index is 0. The molecule has 0 atom stereocenters. The number of rotatable bonds is 2. The van der Waals surface area contributed by atoms with Crippen LogP contribution in [0.2, 0.25) is 0 Å². The van der Waals surface area contributed by atoms with E-state index in [4.69, 9.17) is 24.8 Å². The van der Waals surface area contributed by atoms with E-state index in [1.807, 2.05) is 4.90 Å². The Kier molecular flexibility index (Phi) is 6.51. The van der Waals surface area contributed by atoms with Gasteiger partial charge in [-0.3, -0.25) is 0 Å². The molecular formula is C29H18KNS2. The van der Waals surface area contributed by atoms with Gasteiger partial charge in [0.15, 0.2) is 0 Å². The Bertz CT molecular complexity index is 1560. The first-order valence-electron chi connectivity index (χ1n) is 10.5. The number of thiocarbonyl (C=S) groups is 1. The maximum Gasteiger partial charge on any atom is 1.00 e. The molecule has 0 fully saturated rings. The molecule has 0 aliphatic rings. The van der Waals surface area contributed by atoms with E-state index >= 15 is 0 Å². The Morgan fingerprint density at radius 2 is 0.879 bits per heavy atom. The van der Waals surface area contributed by atoms with Gasteiger partial charge in [0.1, 0.15) is 0 Å². The Balaban J connectivity index is 0.00000228. The van der Waals surface area contributed by atoms with Crippen molar-refractivity contribution < 1.29 is 51.4 Å². The average molecular weight is 484 g/mol. The summed E-state index contributed by atoms with van der Waals surface area (Å²) in [7, 11) is 0. The van der Waals surface area contributed by atoms with Crippen LogP contribution in [-0.2, 0) is 12.6 Å². The first-order valence-corrected chi connectivity index (χ1v) is 11.3. The van der Waals surface area contributed by atoms with E-state index in [0.717, 1.165) is 22.1 Å². The van der Waals surface area contributed by atoms with E-state index in [2.05, 4.69) is 109 Å². The predicted octanol–water partition coefficient (Wildman–Crippen LogP) is 5.27. The standard InChI is InChI=1S/C29H19NS2.K/c31-29(32)30(27-13-5-11-23-15-19-7-1-3-9-21(19)17-25(23)27)28-14-6-12-24-16-20-8-2-4-10-22(20)18-26(24)28;/h1-18H,(H,31,32);/q;+1/p-1. The zero-order chi connectivity index (χ0) is 21.7. The molecule has 0 aliphatic carbocycles. The third kappa shape index (κ3) is 4.11. The second kappa shape index (κ2) is 9.39. The van der Waals surface area contributed by atoms with Gasteiger partial charge in [-0.25, -0.2) is 0 Å². The van der Waals surface area contributed by atoms with Crippen LogP contribution in [0.5, 0.6) is 0 Å². The summed E-state index contributed by atoms with van der Waals surface area (Å²) in [6.07, 6.45) is 0. The minimum Gasteiger partial charge on any atom is -0.411 e. The molecule has 6 rings (SSSR count). The van der Waals surface area contributed by atoms with E-state index in [0.29, 0.717) is 4.32 Å². The van der Waals surface area contributed by atoms with Gasteiger partial charge in [0.05, 0.1) is 11.4 Å². The quantitative estimate of drug-likeness (QED) is 0.143. The summed E-state index contributed by atoms with van der Waals surface area (Å²) >= 11 is 11.3. The minimum atomic E-state index is 0. The van der Waals surface area contributed by atoms with Gasteiger partial charge in [0, 0.05) is 10.8 Å². The molecule has 0 bridgehead atoms. The molecule has 0 amide bonds. The molecule has 0 N–H and O–H groups in total. The Labute approximate surface area is 246 Å². The molecule has 0 radical (unpaired) electrons. The van der Waals surface area contributed by atoms with Crippen LogP contribution in [0.4, 0.5) is 11.4 Å². The molecule has 6 aromatic rings. The van der Waals surface area contributed by atoms with Gasteiger partial charge < -0.3 is 29.7 Å². The van der Waals surface area contributed by atoms with Gasteiger partial charge in [-0.2, -0.15) is 0 Å². The number of hydrogen-bond acceptors (Lipinski definition) is 2. The summed E-state index contributed by atoms with van der Waals surface area (Å²) in [4.78, 5) is 2.04. The van der Waals surface area contributed by atoms with Gasteiger partial charge in [-0.1, -0.05) is 77.1 Å². The molecule has 0 aliphatic heterocycles. The molecule has 0 spiro atoms. The van der Waals surface area contributed by atoms with Crippen molar-refractivity contribution in [3.8, 4) is 0 Å². The normalized spacial score (nSPS) is 11.0. The largest absolute Gasteiger partial charge is 1.00 e. The average Bonchev–Trinajstić information content (AvgIpc) is 2.82. The van der Waals surface area contributed by atoms with Crippen molar-refractivity contribution in [2.45, 2.75) is 0 Å². The third-order valence-corrected chi connectivity index (χ3v) is 6.48. The topological polar surface area (TPSA) is 3.24 Å². The summed E-state index contributed by atoms with van der Waals surface area (Å²) in [6, 6.07) is 38.5. The molecular weight excluding hydrogens is 466 g/mol. The van der Waals surface area contributed by atoms with Gasteiger partial charge in [0.25, 0.3) is 0 Å². The maximum atomic E-state index is 5.64. The predicted molar refractivity (Wildman–Crippen MR) is 145 cm³/mol. The van der Waals surface area contributed by atoms with Gasteiger partial charge in [0.2, 0.25) is 0 Å². The number of benzene rings is 6. The van der Waals surface area contributed by atoms with Crippen LogP contribution >= 0.6 is 12.2 Å². The van der Waals surface area contributed by atoms with Crippen LogP contribution in [0.1, 0.15) is 0 Å². The fourth-order valence-electron chi connectivity index (χ4n) is 4.62. The molecule has 33 heavy (non-hydrogen) atoms. The molecule has 0 aromatic heterocycles. The summed E-state index contributed by atoms with van der Waals surface area (Å²) in [6.45, 7) is 0. The van der Waals surface area contributed by atoms with E-state index in [-0.39, 0.29) is 51.4 Å². The number of nitrogens with zero attached hydrogens (tertiary/aromatic N) is 1. The van der Waals surface area contributed by atoms with Crippen LogP contribution < -0.4 is 56.3 Å². The van der Waals surface area contributed by atoms with Crippen LogP contribution in [-0.4, -0.2) is 4.32 Å². The number of fused-ring (bicyclic) bond motifs is 4. The molecule has 6 aromatic carbocycles. The van der Waals surface area contributed by atoms with Crippen molar-refractivity contribution in [1.29, 1.82) is 0 Å². The number of hydrogen-bond donors (Lipinski definition) is 0. The van der Waals surface area contributed by atoms with E-state index < -0.39 is 0 Å². The summed E-state index contributed by atoms with van der Waals surface area (Å²) < 4.78 is 0.409. The Morgan fingerprint density at radius 1 is 0.515 bits per heavy atom. The van der Waals surface area contributed by atoms with Crippen molar-refractivity contribution in [3.63, 3.8) is 0 Å². The monoisotopic (exact) mass is 483 g/mol. The molecule has 0 saturated heterocycles. The zero-order valence-corrected chi connectivity index (χ0v) is 22.9. The zero-order valence-electron chi connectivity index (χ0n) is 18.2. The first-order chi connectivity index (χ1) is 15.7. The van der Waals surface area contributed by atoms with Gasteiger partial charge in [-0.05, 0) is 68.7 Å². The van der Waals surface area contributed by atoms with E-state index in [1.54, 1.807) is 0 Å². The van der Waals surface area contributed by atoms with Crippen LogP contribution in [0.15, 0.2) is 109 Å². The maximum absolute atomic E-state index is 5.64. The van der Waals surface area contributed by atoms with E-state index in [9.17, 15) is 0 Å². The fraction of sp³-hybridized carbons (Fsp3) is 0. The second-order valence-electron chi connectivity index (χ2n) is 8.00. The van der Waals surface area contributed by atoms with E-state index in [1.165, 1.54) is 32.3 Å². The van der Waals surface area contributed by atoms with Crippen molar-refractivity contribution in [3.05, 3.63) is 109 Å². The van der Waals surface area contributed by atoms with Crippen molar-refractivity contribution in [2.24, 2.45) is 0 Å². The Hall–Kier alpha value is -1.89. The first kappa shape index (κ1) is 22.9. The van der Waals surface area contributed by atoms with Crippen molar-refractivity contribution in [2.75, 3.05) is 4.90 Å². The molecule has 0 heterocycles. The van der Waals surface area contributed by atoms with Crippen LogP contribution in [0.25, 0.3) is 43.1 Å². The van der Waals surface area contributed by atoms with Crippen LogP contribution in [0.3, 0.4) is 0 Å². The SMILES string of the molecule is S=C([S-])N(c1cccc2cc3ccccc3cc12)c1cccc2cc3ccccc3cc12.[K+]. The summed E-state index contributed by atoms with van der Waals surface area (Å²) in [5, 5.41) is 9.46. The molecule has 1 nitrogen and oxygen atoms in total. The summed E-state index contributed by atoms with van der Waals surface area (Å²) in [5.41, 5.74) is 2.02. The van der Waals surface area contributed by atoms with Crippen LogP contribution in [0, 0.1) is 0 Å². The second-order valence-corrected chi connectivity index (χ2v) is 9.03. The van der Waals surface area contributed by atoms with Gasteiger partial charge in [-0.15, -0.1) is 0 Å². The molecule has 152 valence electrons. The van der Waals surface area contributed by atoms with Crippen molar-refractivity contribution in [1.82, 2.24) is 0 Å². The smallest absolute Gasteiger partial charge is 0.411 e. The molecule has 0 saturated carbocycles. The molecule has 4 heteroatoms. The van der Waals surface area contributed by atoms with Crippen molar-refractivity contribution >= 4 is 83.6 Å². The summed E-state index contributed by atoms with van der Waals surface area (Å²) in [5.74, 6) is 0. The fourth-order valence-corrected chi connectivity index (χ4v) is 5.01. The van der Waals surface area contributed by atoms with Gasteiger partial charge >= 0.3 is 51.4 Å². The third-order valence-electron chi connectivity index (χ3n) is 6.11.